The second kappa shape index (κ2) is 4.94. The molecule has 1 aliphatic rings. The van der Waals surface area contributed by atoms with Crippen molar-refractivity contribution >= 4 is 23.0 Å². The molecule has 0 aromatic heterocycles. The zero-order valence-electron chi connectivity index (χ0n) is 9.91. The van der Waals surface area contributed by atoms with Crippen molar-refractivity contribution in [3.8, 4) is 0 Å². The molecule has 2 rings (SSSR count). The number of hydrogen-bond donors (Lipinski definition) is 1. The van der Waals surface area contributed by atoms with E-state index in [0.717, 1.165) is 0 Å². The Kier molecular flexibility index (Phi) is 3.53. The molecule has 1 aliphatic carbocycles. The van der Waals surface area contributed by atoms with Gasteiger partial charge in [-0.3, -0.25) is 4.79 Å². The molecule has 0 fully saturated rings. The highest BCUT2D eigenvalue weighted by molar-refractivity contribution is 6.27. The smallest absolute Gasteiger partial charge is 0.172 e. The standard InChI is InChI=1S/C14H13ClFNO/c1-8-2-3-9(6-11(8)16)13-12(17)7-10(4-5-15)14(13)18/h2-6,10H,7,17H2,1H3/b5-4+. The molecule has 0 bridgehead atoms. The molecule has 0 spiro atoms. The number of ketones is 1. The molecule has 0 heterocycles. The maximum Gasteiger partial charge on any atom is 0.172 e. The molecule has 0 saturated heterocycles. The first-order chi connectivity index (χ1) is 8.54. The van der Waals surface area contributed by atoms with Gasteiger partial charge in [-0.1, -0.05) is 29.8 Å². The topological polar surface area (TPSA) is 43.1 Å². The van der Waals surface area contributed by atoms with Gasteiger partial charge in [-0.25, -0.2) is 4.39 Å². The highest BCUT2D eigenvalue weighted by Gasteiger charge is 2.31. The maximum atomic E-state index is 13.5. The molecule has 94 valence electrons. The average molecular weight is 266 g/mol. The number of aryl methyl sites for hydroxylation is 1. The van der Waals surface area contributed by atoms with Crippen molar-refractivity contribution < 1.29 is 9.18 Å². The molecule has 4 heteroatoms. The highest BCUT2D eigenvalue weighted by Crippen LogP contribution is 2.33. The Labute approximate surface area is 110 Å². The van der Waals surface area contributed by atoms with E-state index in [4.69, 9.17) is 17.3 Å². The van der Waals surface area contributed by atoms with Crippen LogP contribution in [0.1, 0.15) is 17.5 Å². The molecule has 2 nitrogen and oxygen atoms in total. The van der Waals surface area contributed by atoms with Crippen molar-refractivity contribution in [1.82, 2.24) is 0 Å². The Balaban J connectivity index is 2.41. The molecule has 1 unspecified atom stereocenters. The summed E-state index contributed by atoms with van der Waals surface area (Å²) in [5.74, 6) is -0.772. The SMILES string of the molecule is Cc1ccc(C2=C(N)CC(/C=C/Cl)C2=O)cc1F. The first-order valence-electron chi connectivity index (χ1n) is 5.61. The van der Waals surface area contributed by atoms with Gasteiger partial charge >= 0.3 is 0 Å². The van der Waals surface area contributed by atoms with Crippen LogP contribution in [0.15, 0.2) is 35.5 Å². The van der Waals surface area contributed by atoms with Crippen LogP contribution < -0.4 is 5.73 Å². The predicted molar refractivity (Wildman–Crippen MR) is 70.4 cm³/mol. The number of Topliss-reactive ketones (excluding diaryl/α,β-unsaturated/α-hetero) is 1. The van der Waals surface area contributed by atoms with Crippen LogP contribution in [0, 0.1) is 18.7 Å². The summed E-state index contributed by atoms with van der Waals surface area (Å²) in [7, 11) is 0. The van der Waals surface area contributed by atoms with Gasteiger partial charge in [0.05, 0.1) is 0 Å². The molecule has 1 aromatic rings. The van der Waals surface area contributed by atoms with Gasteiger partial charge in [0.1, 0.15) is 5.82 Å². The van der Waals surface area contributed by atoms with Crippen LogP contribution in [0.4, 0.5) is 4.39 Å². The lowest BCUT2D eigenvalue weighted by Crippen LogP contribution is -2.07. The minimum absolute atomic E-state index is 0.104. The quantitative estimate of drug-likeness (QED) is 0.893. The van der Waals surface area contributed by atoms with Gasteiger partial charge in [-0.05, 0) is 24.1 Å². The van der Waals surface area contributed by atoms with Crippen LogP contribution >= 0.6 is 11.6 Å². The monoisotopic (exact) mass is 265 g/mol. The minimum atomic E-state index is -0.336. The third-order valence-corrected chi connectivity index (χ3v) is 3.26. The van der Waals surface area contributed by atoms with Crippen molar-refractivity contribution in [2.24, 2.45) is 11.7 Å². The Morgan fingerprint density at radius 2 is 2.22 bits per heavy atom. The van der Waals surface area contributed by atoms with Crippen molar-refractivity contribution in [3.63, 3.8) is 0 Å². The Morgan fingerprint density at radius 3 is 2.83 bits per heavy atom. The lowest BCUT2D eigenvalue weighted by molar-refractivity contribution is -0.115. The summed E-state index contributed by atoms with van der Waals surface area (Å²) in [5.41, 5.74) is 9.16. The molecular weight excluding hydrogens is 253 g/mol. The highest BCUT2D eigenvalue weighted by atomic mass is 35.5. The number of carbonyl (C=O) groups excluding carboxylic acids is 1. The Bertz CT molecular complexity index is 563. The number of nitrogens with two attached hydrogens (primary N) is 1. The van der Waals surface area contributed by atoms with E-state index in [-0.39, 0.29) is 17.5 Å². The fourth-order valence-corrected chi connectivity index (χ4v) is 2.27. The average Bonchev–Trinajstić information content (AvgIpc) is 2.59. The van der Waals surface area contributed by atoms with E-state index in [9.17, 15) is 9.18 Å². The van der Waals surface area contributed by atoms with Crippen LogP contribution in [0.25, 0.3) is 5.57 Å². The van der Waals surface area contributed by atoms with Gasteiger partial charge in [-0.2, -0.15) is 0 Å². The summed E-state index contributed by atoms with van der Waals surface area (Å²) in [5, 5.41) is 0. The number of hydrogen-bond acceptors (Lipinski definition) is 2. The van der Waals surface area contributed by atoms with Crippen LogP contribution in [-0.2, 0) is 4.79 Å². The summed E-state index contributed by atoms with van der Waals surface area (Å²) in [6.07, 6.45) is 2.04. The van der Waals surface area contributed by atoms with Crippen molar-refractivity contribution in [3.05, 3.63) is 52.5 Å². The molecule has 0 radical (unpaired) electrons. The number of carbonyl (C=O) groups is 1. The van der Waals surface area contributed by atoms with E-state index < -0.39 is 0 Å². The number of rotatable bonds is 2. The van der Waals surface area contributed by atoms with E-state index in [0.29, 0.717) is 28.8 Å². The van der Waals surface area contributed by atoms with Crippen LogP contribution in [-0.4, -0.2) is 5.78 Å². The van der Waals surface area contributed by atoms with Crippen LogP contribution in [0.2, 0.25) is 0 Å². The number of halogens is 2. The Hall–Kier alpha value is -1.61. The molecule has 2 N–H and O–H groups in total. The van der Waals surface area contributed by atoms with Crippen LogP contribution in [0.5, 0.6) is 0 Å². The third-order valence-electron chi connectivity index (χ3n) is 3.11. The van der Waals surface area contributed by atoms with Gasteiger partial charge in [-0.15, -0.1) is 0 Å². The van der Waals surface area contributed by atoms with Gasteiger partial charge in [0.2, 0.25) is 0 Å². The number of benzene rings is 1. The van der Waals surface area contributed by atoms with E-state index in [1.54, 1.807) is 25.1 Å². The van der Waals surface area contributed by atoms with Gasteiger partial charge in [0.25, 0.3) is 0 Å². The first kappa shape index (κ1) is 12.8. The summed E-state index contributed by atoms with van der Waals surface area (Å²) >= 11 is 5.48. The van der Waals surface area contributed by atoms with Crippen molar-refractivity contribution in [1.29, 1.82) is 0 Å². The fraction of sp³-hybridized carbons (Fsp3) is 0.214. The summed E-state index contributed by atoms with van der Waals surface area (Å²) in [4.78, 5) is 12.1. The molecule has 1 atom stereocenters. The molecule has 0 saturated carbocycles. The Morgan fingerprint density at radius 1 is 1.50 bits per heavy atom. The summed E-state index contributed by atoms with van der Waals surface area (Å²) < 4.78 is 13.5. The first-order valence-corrected chi connectivity index (χ1v) is 6.04. The number of allylic oxidation sites excluding steroid dienone is 3. The molecular formula is C14H13ClFNO. The van der Waals surface area contributed by atoms with E-state index >= 15 is 0 Å². The van der Waals surface area contributed by atoms with Crippen molar-refractivity contribution in [2.75, 3.05) is 0 Å². The van der Waals surface area contributed by atoms with Gasteiger partial charge in [0, 0.05) is 29.1 Å². The van der Waals surface area contributed by atoms with E-state index in [2.05, 4.69) is 0 Å². The largest absolute Gasteiger partial charge is 0.401 e. The zero-order chi connectivity index (χ0) is 13.3. The van der Waals surface area contributed by atoms with E-state index in [1.165, 1.54) is 11.6 Å². The van der Waals surface area contributed by atoms with E-state index in [1.807, 2.05) is 0 Å². The van der Waals surface area contributed by atoms with Crippen LogP contribution in [0.3, 0.4) is 0 Å². The van der Waals surface area contributed by atoms with Crippen molar-refractivity contribution in [2.45, 2.75) is 13.3 Å². The molecule has 0 aliphatic heterocycles. The normalized spacial score (nSPS) is 20.2. The molecule has 0 amide bonds. The molecule has 18 heavy (non-hydrogen) atoms. The lowest BCUT2D eigenvalue weighted by Gasteiger charge is -2.05. The predicted octanol–water partition coefficient (Wildman–Crippen LogP) is 3.15. The molecule has 1 aromatic carbocycles. The fourth-order valence-electron chi connectivity index (χ4n) is 2.09. The lowest BCUT2D eigenvalue weighted by atomic mass is 9.98. The second-order valence-corrected chi connectivity index (χ2v) is 4.61. The summed E-state index contributed by atoms with van der Waals surface area (Å²) in [6, 6.07) is 4.70. The zero-order valence-corrected chi connectivity index (χ0v) is 10.7. The second-order valence-electron chi connectivity index (χ2n) is 4.36. The minimum Gasteiger partial charge on any atom is -0.401 e. The maximum absolute atomic E-state index is 13.5. The summed E-state index contributed by atoms with van der Waals surface area (Å²) in [6.45, 7) is 1.67. The van der Waals surface area contributed by atoms with Gasteiger partial charge in [0.15, 0.2) is 5.78 Å². The third kappa shape index (κ3) is 2.18. The van der Waals surface area contributed by atoms with Gasteiger partial charge < -0.3 is 5.73 Å².